The fourth-order valence-electron chi connectivity index (χ4n) is 4.40. The first-order chi connectivity index (χ1) is 13.4. The van der Waals surface area contributed by atoms with Gasteiger partial charge in [0.1, 0.15) is 5.75 Å². The zero-order valence-electron chi connectivity index (χ0n) is 16.0. The lowest BCUT2D eigenvalue weighted by Crippen LogP contribution is -2.37. The number of carbonyl (C=O) groups is 1. The Morgan fingerprint density at radius 1 is 1.21 bits per heavy atom. The van der Waals surface area contributed by atoms with Gasteiger partial charge in [-0.2, -0.15) is 4.99 Å². The lowest BCUT2D eigenvalue weighted by Gasteiger charge is -2.24. The normalized spacial score (nSPS) is 28.0. The van der Waals surface area contributed by atoms with E-state index in [4.69, 9.17) is 4.74 Å². The van der Waals surface area contributed by atoms with E-state index in [1.165, 1.54) is 37.4 Å². The highest BCUT2D eigenvalue weighted by atomic mass is 32.2. The molecule has 2 aliphatic heterocycles. The fourth-order valence-corrected chi connectivity index (χ4v) is 8.33. The highest BCUT2D eigenvalue weighted by Gasteiger charge is 2.49. The van der Waals surface area contributed by atoms with E-state index in [9.17, 15) is 13.2 Å². The van der Waals surface area contributed by atoms with Gasteiger partial charge in [0.25, 0.3) is 0 Å². The molecule has 4 rings (SSSR count). The molecule has 0 spiro atoms. The van der Waals surface area contributed by atoms with Gasteiger partial charge in [-0.3, -0.25) is 4.79 Å². The van der Waals surface area contributed by atoms with Gasteiger partial charge in [0.05, 0.1) is 24.7 Å². The van der Waals surface area contributed by atoms with Crippen LogP contribution in [0.1, 0.15) is 38.5 Å². The van der Waals surface area contributed by atoms with Gasteiger partial charge in [-0.05, 0) is 36.6 Å². The monoisotopic (exact) mass is 422 g/mol. The molecular formula is C20H26N2O4S2. The summed E-state index contributed by atoms with van der Waals surface area (Å²) in [5.41, 5.74) is 0.847. The summed E-state index contributed by atoms with van der Waals surface area (Å²) in [4.78, 5) is 18.9. The minimum atomic E-state index is -3.06. The van der Waals surface area contributed by atoms with Gasteiger partial charge in [0, 0.05) is 17.4 Å². The number of fused-ring (bicyclic) bond motifs is 1. The SMILES string of the molecule is COc1ccc(N2C(=NC(=O)CCC3CCCC3)S[C@H]3CS(=O)(=O)C[C@H]32)cc1. The number of nitrogens with zero attached hydrogens (tertiary/aromatic N) is 2. The maximum Gasteiger partial charge on any atom is 0.248 e. The van der Waals surface area contributed by atoms with Crippen LogP contribution in [-0.4, -0.2) is 49.4 Å². The van der Waals surface area contributed by atoms with Crippen LogP contribution in [0.15, 0.2) is 29.3 Å². The number of thioether (sulfide) groups is 1. The van der Waals surface area contributed by atoms with Crippen LogP contribution >= 0.6 is 11.8 Å². The number of hydrogen-bond donors (Lipinski definition) is 0. The van der Waals surface area contributed by atoms with E-state index < -0.39 is 9.84 Å². The Kier molecular flexibility index (Phi) is 5.69. The van der Waals surface area contributed by atoms with Crippen LogP contribution in [0.5, 0.6) is 5.75 Å². The Morgan fingerprint density at radius 3 is 2.61 bits per heavy atom. The van der Waals surface area contributed by atoms with Crippen molar-refractivity contribution in [3.05, 3.63) is 24.3 Å². The van der Waals surface area contributed by atoms with Crippen molar-refractivity contribution in [1.29, 1.82) is 0 Å². The van der Waals surface area contributed by atoms with Gasteiger partial charge in [-0.1, -0.05) is 37.4 Å². The number of amides is 1. The van der Waals surface area contributed by atoms with E-state index in [2.05, 4.69) is 4.99 Å². The maximum atomic E-state index is 12.5. The molecule has 0 aromatic heterocycles. The molecule has 0 radical (unpaired) electrons. The molecule has 0 unspecified atom stereocenters. The molecule has 152 valence electrons. The van der Waals surface area contributed by atoms with Crippen LogP contribution < -0.4 is 9.64 Å². The van der Waals surface area contributed by atoms with E-state index in [0.717, 1.165) is 17.9 Å². The number of aliphatic imine (C=N–C) groups is 1. The van der Waals surface area contributed by atoms with Crippen molar-refractivity contribution < 1.29 is 17.9 Å². The van der Waals surface area contributed by atoms with E-state index in [1.54, 1.807) is 7.11 Å². The van der Waals surface area contributed by atoms with Gasteiger partial charge in [0.2, 0.25) is 5.91 Å². The Morgan fingerprint density at radius 2 is 1.93 bits per heavy atom. The molecule has 1 saturated carbocycles. The van der Waals surface area contributed by atoms with E-state index in [1.807, 2.05) is 29.2 Å². The number of ether oxygens (including phenoxy) is 1. The van der Waals surface area contributed by atoms with Crippen molar-refractivity contribution in [2.45, 2.75) is 49.8 Å². The molecule has 2 heterocycles. The number of hydrogen-bond acceptors (Lipinski definition) is 5. The van der Waals surface area contributed by atoms with Crippen molar-refractivity contribution in [3.63, 3.8) is 0 Å². The largest absolute Gasteiger partial charge is 0.497 e. The van der Waals surface area contributed by atoms with Crippen molar-refractivity contribution in [1.82, 2.24) is 0 Å². The molecule has 3 fully saturated rings. The van der Waals surface area contributed by atoms with Gasteiger partial charge < -0.3 is 9.64 Å². The summed E-state index contributed by atoms with van der Waals surface area (Å²) < 4.78 is 29.5. The lowest BCUT2D eigenvalue weighted by molar-refractivity contribution is -0.118. The summed E-state index contributed by atoms with van der Waals surface area (Å²) in [5, 5.41) is 0.556. The van der Waals surface area contributed by atoms with Crippen LogP contribution in [-0.2, 0) is 14.6 Å². The van der Waals surface area contributed by atoms with Crippen molar-refractivity contribution in [3.8, 4) is 5.75 Å². The Balaban J connectivity index is 1.54. The predicted molar refractivity (Wildman–Crippen MR) is 113 cm³/mol. The summed E-state index contributed by atoms with van der Waals surface area (Å²) >= 11 is 1.43. The summed E-state index contributed by atoms with van der Waals surface area (Å²) in [7, 11) is -1.45. The van der Waals surface area contributed by atoms with Crippen molar-refractivity contribution in [2.24, 2.45) is 10.9 Å². The summed E-state index contributed by atoms with van der Waals surface area (Å²) in [6.45, 7) is 0. The molecule has 6 nitrogen and oxygen atoms in total. The van der Waals surface area contributed by atoms with Gasteiger partial charge in [0.15, 0.2) is 15.0 Å². The number of amidine groups is 1. The zero-order chi connectivity index (χ0) is 19.7. The van der Waals surface area contributed by atoms with Gasteiger partial charge >= 0.3 is 0 Å². The smallest absolute Gasteiger partial charge is 0.248 e. The van der Waals surface area contributed by atoms with E-state index in [0.29, 0.717) is 17.5 Å². The topological polar surface area (TPSA) is 76.0 Å². The fraction of sp³-hybridized carbons (Fsp3) is 0.600. The van der Waals surface area contributed by atoms with Gasteiger partial charge in [-0.25, -0.2) is 8.42 Å². The number of benzene rings is 1. The molecular weight excluding hydrogens is 396 g/mol. The molecule has 8 heteroatoms. The summed E-state index contributed by atoms with van der Waals surface area (Å²) in [6.07, 6.45) is 6.36. The maximum absolute atomic E-state index is 12.5. The predicted octanol–water partition coefficient (Wildman–Crippen LogP) is 3.27. The molecule has 0 bridgehead atoms. The highest BCUT2D eigenvalue weighted by molar-refractivity contribution is 8.16. The number of rotatable bonds is 5. The van der Waals surface area contributed by atoms with E-state index >= 15 is 0 Å². The first-order valence-electron chi connectivity index (χ1n) is 9.87. The molecule has 2 atom stereocenters. The Labute approximate surface area is 170 Å². The Bertz CT molecular complexity index is 861. The minimum Gasteiger partial charge on any atom is -0.497 e. The van der Waals surface area contributed by atoms with Crippen LogP contribution in [0.25, 0.3) is 0 Å². The van der Waals surface area contributed by atoms with Gasteiger partial charge in [-0.15, -0.1) is 0 Å². The third-order valence-corrected chi connectivity index (χ3v) is 9.09. The molecule has 0 N–H and O–H groups in total. The van der Waals surface area contributed by atoms with Crippen molar-refractivity contribution in [2.75, 3.05) is 23.5 Å². The third kappa shape index (κ3) is 4.22. The van der Waals surface area contributed by atoms with Crippen LogP contribution in [0, 0.1) is 5.92 Å². The lowest BCUT2D eigenvalue weighted by atomic mass is 10.0. The average Bonchev–Trinajstić information content (AvgIpc) is 3.35. The second kappa shape index (κ2) is 8.06. The molecule has 1 amide bonds. The average molecular weight is 423 g/mol. The quantitative estimate of drug-likeness (QED) is 0.725. The van der Waals surface area contributed by atoms with Crippen LogP contribution in [0.2, 0.25) is 0 Å². The highest BCUT2D eigenvalue weighted by Crippen LogP contribution is 2.41. The Hall–Kier alpha value is -1.54. The molecule has 28 heavy (non-hydrogen) atoms. The standard InChI is InChI=1S/C20H26N2O4S2/c1-26-16-9-7-15(8-10-16)22-17-12-28(24,25)13-18(17)27-20(22)21-19(23)11-6-14-4-2-3-5-14/h7-10,14,17-18H,2-6,11-13H2,1H3/t17-,18+/m1/s1. The molecule has 3 aliphatic rings. The molecule has 1 aliphatic carbocycles. The number of methoxy groups -OCH3 is 1. The van der Waals surface area contributed by atoms with Crippen LogP contribution in [0.4, 0.5) is 5.69 Å². The molecule has 1 aromatic rings. The van der Waals surface area contributed by atoms with Crippen molar-refractivity contribution >= 4 is 38.4 Å². The van der Waals surface area contributed by atoms with E-state index in [-0.39, 0.29) is 28.7 Å². The number of sulfone groups is 1. The number of carbonyl (C=O) groups excluding carboxylic acids is 1. The van der Waals surface area contributed by atoms with Crippen LogP contribution in [0.3, 0.4) is 0 Å². The second-order valence-electron chi connectivity index (χ2n) is 7.85. The first-order valence-corrected chi connectivity index (χ1v) is 12.6. The minimum absolute atomic E-state index is 0.0755. The first kappa shape index (κ1) is 19.8. The number of anilines is 1. The summed E-state index contributed by atoms with van der Waals surface area (Å²) in [5.74, 6) is 1.53. The third-order valence-electron chi connectivity index (χ3n) is 5.88. The summed E-state index contributed by atoms with van der Waals surface area (Å²) in [6, 6.07) is 7.30. The molecule has 1 aromatic carbocycles. The second-order valence-corrected chi connectivity index (χ2v) is 11.2. The molecule has 2 saturated heterocycles. The zero-order valence-corrected chi connectivity index (χ0v) is 17.7.